The molecule has 3 fully saturated rings. The first-order chi connectivity index (χ1) is 23.0. The van der Waals surface area contributed by atoms with E-state index < -0.39 is 0 Å². The molecule has 7 rings (SSSR count). The summed E-state index contributed by atoms with van der Waals surface area (Å²) >= 11 is 0. The van der Waals surface area contributed by atoms with Crippen molar-refractivity contribution in [3.63, 3.8) is 0 Å². The number of amides is 2. The van der Waals surface area contributed by atoms with Gasteiger partial charge in [0.25, 0.3) is 0 Å². The number of piperidine rings is 1. The third-order valence-corrected chi connectivity index (χ3v) is 9.76. The molecule has 1 spiro atoms. The van der Waals surface area contributed by atoms with Crippen LogP contribution in [0, 0.1) is 16.7 Å². The van der Waals surface area contributed by atoms with Crippen LogP contribution >= 0.6 is 0 Å². The fraction of sp³-hybridized carbons (Fsp3) is 0.429. The molecule has 1 saturated carbocycles. The van der Waals surface area contributed by atoms with Crippen LogP contribution < -0.4 is 20.4 Å². The van der Waals surface area contributed by atoms with E-state index in [1.54, 1.807) is 17.1 Å². The van der Waals surface area contributed by atoms with Crippen molar-refractivity contribution in [1.82, 2.24) is 30.0 Å². The third-order valence-electron chi connectivity index (χ3n) is 9.76. The van der Waals surface area contributed by atoms with E-state index in [2.05, 4.69) is 31.7 Å². The molecule has 1 aliphatic carbocycles. The zero-order chi connectivity index (χ0) is 32.2. The molecule has 3 aliphatic rings. The van der Waals surface area contributed by atoms with Crippen LogP contribution in [0.4, 0.5) is 22.4 Å². The molecule has 2 N–H and O–H groups in total. The Morgan fingerprint density at radius 3 is 2.45 bits per heavy atom. The fourth-order valence-corrected chi connectivity index (χ4v) is 6.88. The van der Waals surface area contributed by atoms with Gasteiger partial charge in [-0.3, -0.25) is 9.58 Å². The van der Waals surface area contributed by atoms with Crippen LogP contribution in [0.1, 0.15) is 49.7 Å². The normalized spacial score (nSPS) is 20.2. The molecule has 0 unspecified atom stereocenters. The summed E-state index contributed by atoms with van der Waals surface area (Å²) in [6.45, 7) is 3.83. The molecule has 0 atom stereocenters. The predicted octanol–water partition coefficient (Wildman–Crippen LogP) is 4.90. The van der Waals surface area contributed by atoms with Crippen LogP contribution in [0.3, 0.4) is 0 Å². The SMILES string of the molecule is Cn1cc(-c2ccc(N(C(=O)NCc3ccccc3)C3CCC(Nc4ncc(C#N)c(N5CCC6(CC5)COC6)n4)CC3)nc2)cn1. The third kappa shape index (κ3) is 6.76. The second-order valence-corrected chi connectivity index (χ2v) is 13.0. The van der Waals surface area contributed by atoms with E-state index in [-0.39, 0.29) is 18.1 Å². The molecule has 12 nitrogen and oxygen atoms in total. The van der Waals surface area contributed by atoms with Crippen LogP contribution in [-0.2, 0) is 18.3 Å². The molecule has 0 radical (unpaired) electrons. The number of nitrogens with zero attached hydrogens (tertiary/aromatic N) is 8. The summed E-state index contributed by atoms with van der Waals surface area (Å²) in [6.07, 6.45) is 12.5. The first kappa shape index (κ1) is 30.6. The lowest BCUT2D eigenvalue weighted by Gasteiger charge is -2.47. The Kier molecular flexibility index (Phi) is 8.72. The maximum Gasteiger partial charge on any atom is 0.323 e. The highest BCUT2D eigenvalue weighted by molar-refractivity contribution is 5.91. The smallest absolute Gasteiger partial charge is 0.323 e. The molecule has 0 bridgehead atoms. The number of hydrogen-bond acceptors (Lipinski definition) is 9. The molecule has 3 aromatic heterocycles. The molecule has 2 aliphatic heterocycles. The number of nitriles is 1. The van der Waals surface area contributed by atoms with E-state index in [9.17, 15) is 10.1 Å². The minimum Gasteiger partial charge on any atom is -0.380 e. The zero-order valence-electron chi connectivity index (χ0n) is 26.7. The van der Waals surface area contributed by atoms with Crippen molar-refractivity contribution >= 4 is 23.6 Å². The van der Waals surface area contributed by atoms with Gasteiger partial charge in [-0.1, -0.05) is 30.3 Å². The number of benzene rings is 1. The Bertz CT molecular complexity index is 1710. The highest BCUT2D eigenvalue weighted by Crippen LogP contribution is 2.40. The number of carbonyl (C=O) groups is 1. The first-order valence-corrected chi connectivity index (χ1v) is 16.4. The average molecular weight is 633 g/mol. The van der Waals surface area contributed by atoms with Gasteiger partial charge in [0.1, 0.15) is 17.5 Å². The molecular weight excluding hydrogens is 592 g/mol. The Morgan fingerprint density at radius 1 is 1.02 bits per heavy atom. The van der Waals surface area contributed by atoms with Gasteiger partial charge in [-0.05, 0) is 56.2 Å². The summed E-state index contributed by atoms with van der Waals surface area (Å²) < 4.78 is 7.24. The Hall–Kier alpha value is -5.02. The number of rotatable bonds is 8. The molecule has 1 aromatic carbocycles. The number of ether oxygens (including phenoxy) is 1. The van der Waals surface area contributed by atoms with Gasteiger partial charge in [-0.2, -0.15) is 15.3 Å². The summed E-state index contributed by atoms with van der Waals surface area (Å²) in [6, 6.07) is 16.1. The first-order valence-electron chi connectivity index (χ1n) is 16.4. The number of carbonyl (C=O) groups excluding carboxylic acids is 1. The fourth-order valence-electron chi connectivity index (χ4n) is 6.88. The van der Waals surface area contributed by atoms with Crippen LogP contribution in [0.5, 0.6) is 0 Å². The minimum absolute atomic E-state index is 0.0193. The lowest BCUT2D eigenvalue weighted by atomic mass is 9.77. The van der Waals surface area contributed by atoms with E-state index in [0.29, 0.717) is 35.1 Å². The average Bonchev–Trinajstić information content (AvgIpc) is 3.54. The number of urea groups is 1. The van der Waals surface area contributed by atoms with Crippen LogP contribution in [0.15, 0.2) is 67.3 Å². The van der Waals surface area contributed by atoms with Crippen molar-refractivity contribution in [1.29, 1.82) is 5.26 Å². The van der Waals surface area contributed by atoms with Gasteiger partial charge in [-0.25, -0.2) is 14.8 Å². The molecule has 2 amide bonds. The van der Waals surface area contributed by atoms with Gasteiger partial charge in [0.15, 0.2) is 5.82 Å². The Labute approximate surface area is 274 Å². The van der Waals surface area contributed by atoms with Crippen molar-refractivity contribution in [3.8, 4) is 17.2 Å². The maximum atomic E-state index is 13.7. The van der Waals surface area contributed by atoms with E-state index in [0.717, 1.165) is 81.5 Å². The molecule has 47 heavy (non-hydrogen) atoms. The van der Waals surface area contributed by atoms with Crippen molar-refractivity contribution in [3.05, 3.63) is 78.4 Å². The Morgan fingerprint density at radius 2 is 1.81 bits per heavy atom. The van der Waals surface area contributed by atoms with E-state index in [1.807, 2.05) is 66.8 Å². The van der Waals surface area contributed by atoms with E-state index in [4.69, 9.17) is 14.7 Å². The molecule has 4 aromatic rings. The largest absolute Gasteiger partial charge is 0.380 e. The molecule has 5 heterocycles. The van der Waals surface area contributed by atoms with E-state index in [1.165, 1.54) is 0 Å². The molecular formula is C35H40N10O2. The Balaban J connectivity index is 1.03. The molecule has 12 heteroatoms. The van der Waals surface area contributed by atoms with Crippen LogP contribution in [0.25, 0.3) is 11.1 Å². The van der Waals surface area contributed by atoms with Crippen molar-refractivity contribution in [2.24, 2.45) is 12.5 Å². The van der Waals surface area contributed by atoms with Gasteiger partial charge in [0.2, 0.25) is 5.95 Å². The lowest BCUT2D eigenvalue weighted by molar-refractivity contribution is -0.124. The number of hydrogen-bond donors (Lipinski definition) is 2. The number of anilines is 3. The monoisotopic (exact) mass is 632 g/mol. The van der Waals surface area contributed by atoms with Crippen molar-refractivity contribution < 1.29 is 9.53 Å². The van der Waals surface area contributed by atoms with Gasteiger partial charge in [0.05, 0.1) is 25.6 Å². The highest BCUT2D eigenvalue weighted by Gasteiger charge is 2.41. The number of aryl methyl sites for hydroxylation is 1. The maximum absolute atomic E-state index is 13.7. The molecule has 2 saturated heterocycles. The predicted molar refractivity (Wildman–Crippen MR) is 179 cm³/mol. The van der Waals surface area contributed by atoms with Crippen molar-refractivity contribution in [2.45, 2.75) is 57.2 Å². The number of pyridine rings is 1. The van der Waals surface area contributed by atoms with Crippen LogP contribution in [-0.4, -0.2) is 69.2 Å². The summed E-state index contributed by atoms with van der Waals surface area (Å²) in [4.78, 5) is 31.8. The minimum atomic E-state index is -0.163. The summed E-state index contributed by atoms with van der Waals surface area (Å²) in [7, 11) is 1.89. The summed E-state index contributed by atoms with van der Waals surface area (Å²) in [5.41, 5.74) is 3.76. The highest BCUT2D eigenvalue weighted by atomic mass is 16.5. The van der Waals surface area contributed by atoms with Gasteiger partial charge < -0.3 is 20.3 Å². The summed E-state index contributed by atoms with van der Waals surface area (Å²) in [5, 5.41) is 20.7. The van der Waals surface area contributed by atoms with E-state index >= 15 is 0 Å². The van der Waals surface area contributed by atoms with Crippen molar-refractivity contribution in [2.75, 3.05) is 41.4 Å². The van der Waals surface area contributed by atoms with Crippen LogP contribution in [0.2, 0.25) is 0 Å². The standard InChI is InChI=1S/C35H40N10O2/c1-43-22-28(21-40-43)26-7-12-31(37-19-26)45(34(46)39-18-25-5-3-2-4-6-25)30-10-8-29(9-11-30)41-33-38-20-27(17-36)32(42-33)44-15-13-35(14-16-44)23-47-24-35/h2-7,12,19-22,29-30H,8-11,13-16,18,23-24H2,1H3,(H,39,46)(H,38,41,42). The number of nitrogens with one attached hydrogen (secondary N) is 2. The van der Waals surface area contributed by atoms with Gasteiger partial charge >= 0.3 is 6.03 Å². The lowest BCUT2D eigenvalue weighted by Crippen LogP contribution is -2.51. The van der Waals surface area contributed by atoms with Gasteiger partial charge in [-0.15, -0.1) is 0 Å². The number of aromatic nitrogens is 5. The van der Waals surface area contributed by atoms with Gasteiger partial charge in [0, 0.05) is 67.7 Å². The second kappa shape index (κ2) is 13.4. The topological polar surface area (TPSA) is 137 Å². The zero-order valence-corrected chi connectivity index (χ0v) is 26.7. The quantitative estimate of drug-likeness (QED) is 0.278. The molecule has 242 valence electrons. The second-order valence-electron chi connectivity index (χ2n) is 13.0. The summed E-state index contributed by atoms with van der Waals surface area (Å²) in [5.74, 6) is 1.87.